The van der Waals surface area contributed by atoms with E-state index in [4.69, 9.17) is 4.74 Å². The molecule has 1 aromatic carbocycles. The first kappa shape index (κ1) is 15.0. The number of pyridine rings is 1. The minimum absolute atomic E-state index is 0.0393. The van der Waals surface area contributed by atoms with Crippen LogP contribution in [-0.2, 0) is 0 Å². The summed E-state index contributed by atoms with van der Waals surface area (Å²) in [6.45, 7) is 1.62. The van der Waals surface area contributed by atoms with Crippen LogP contribution in [0.3, 0.4) is 0 Å². The number of halogens is 2. The molecule has 6 nitrogen and oxygen atoms in total. The van der Waals surface area contributed by atoms with Crippen molar-refractivity contribution in [1.82, 2.24) is 4.98 Å². The van der Waals surface area contributed by atoms with E-state index >= 15 is 0 Å². The molecule has 108 valence electrons. The Morgan fingerprint density at radius 1 is 1.43 bits per heavy atom. The number of aromatic nitrogens is 1. The molecule has 21 heavy (non-hydrogen) atoms. The molecule has 0 amide bonds. The Hall–Kier alpha value is -2.35. The molecular weight excluding hydrogens is 347 g/mol. The molecule has 0 unspecified atom stereocenters. The van der Waals surface area contributed by atoms with Gasteiger partial charge in [0.2, 0.25) is 11.6 Å². The van der Waals surface area contributed by atoms with Gasteiger partial charge in [-0.2, -0.15) is 0 Å². The molecule has 0 spiro atoms. The molecule has 1 heterocycles. The van der Waals surface area contributed by atoms with Gasteiger partial charge in [-0.25, -0.2) is 9.37 Å². The zero-order valence-corrected chi connectivity index (χ0v) is 12.3. The van der Waals surface area contributed by atoms with Crippen LogP contribution >= 0.6 is 15.9 Å². The van der Waals surface area contributed by atoms with Crippen molar-refractivity contribution in [2.24, 2.45) is 0 Å². The van der Waals surface area contributed by atoms with Crippen LogP contribution in [0.2, 0.25) is 0 Å². The van der Waals surface area contributed by atoms with Gasteiger partial charge < -0.3 is 4.74 Å². The van der Waals surface area contributed by atoms with E-state index in [9.17, 15) is 19.3 Å². The van der Waals surface area contributed by atoms with Gasteiger partial charge >= 0.3 is 5.69 Å². The monoisotopic (exact) mass is 354 g/mol. The van der Waals surface area contributed by atoms with Crippen molar-refractivity contribution in [3.8, 4) is 11.6 Å². The number of ether oxygens (including phenoxy) is 1. The van der Waals surface area contributed by atoms with Gasteiger partial charge in [0.05, 0.1) is 9.40 Å². The van der Waals surface area contributed by atoms with Crippen LogP contribution < -0.4 is 4.74 Å². The first-order chi connectivity index (χ1) is 9.92. The fraction of sp³-hybridized carbons (Fsp3) is 0.0769. The second-order valence-electron chi connectivity index (χ2n) is 4.10. The maximum atomic E-state index is 13.5. The predicted octanol–water partition coefficient (Wildman–Crippen LogP) is 3.80. The topological polar surface area (TPSA) is 82.3 Å². The van der Waals surface area contributed by atoms with Crippen molar-refractivity contribution in [1.29, 1.82) is 0 Å². The van der Waals surface area contributed by atoms with E-state index in [0.29, 0.717) is 17.4 Å². The number of carbonyl (C=O) groups excluding carboxylic acids is 1. The maximum Gasteiger partial charge on any atom is 0.312 e. The van der Waals surface area contributed by atoms with Gasteiger partial charge in [-0.3, -0.25) is 14.9 Å². The Balaban J connectivity index is 2.46. The lowest BCUT2D eigenvalue weighted by Gasteiger charge is -2.09. The number of aryl methyl sites for hydroxylation is 1. The second kappa shape index (κ2) is 5.96. The molecule has 1 aromatic heterocycles. The van der Waals surface area contributed by atoms with Crippen molar-refractivity contribution in [3.63, 3.8) is 0 Å². The molecule has 0 radical (unpaired) electrons. The van der Waals surface area contributed by atoms with Gasteiger partial charge in [-0.1, -0.05) is 0 Å². The smallest absolute Gasteiger partial charge is 0.312 e. The molecular formula is C13H8BrFN2O4. The molecule has 0 atom stereocenters. The number of hydrogen-bond acceptors (Lipinski definition) is 5. The summed E-state index contributed by atoms with van der Waals surface area (Å²) in [7, 11) is 0. The number of benzene rings is 1. The van der Waals surface area contributed by atoms with Crippen LogP contribution in [0.15, 0.2) is 28.9 Å². The van der Waals surface area contributed by atoms with Gasteiger partial charge in [-0.15, -0.1) is 0 Å². The van der Waals surface area contributed by atoms with Crippen molar-refractivity contribution in [2.45, 2.75) is 6.92 Å². The van der Waals surface area contributed by atoms with Crippen molar-refractivity contribution >= 4 is 27.9 Å². The molecule has 0 aliphatic heterocycles. The van der Waals surface area contributed by atoms with Crippen LogP contribution in [0, 0.1) is 22.9 Å². The largest absolute Gasteiger partial charge is 0.431 e. The molecule has 0 saturated heterocycles. The number of nitro benzene ring substituents is 1. The van der Waals surface area contributed by atoms with Crippen LogP contribution in [0.1, 0.15) is 15.9 Å². The third kappa shape index (κ3) is 3.22. The van der Waals surface area contributed by atoms with Crippen LogP contribution in [0.4, 0.5) is 10.1 Å². The average molecular weight is 355 g/mol. The molecule has 0 aliphatic rings. The summed E-state index contributed by atoms with van der Waals surface area (Å²) in [4.78, 5) is 24.8. The molecule has 2 aromatic rings. The predicted molar refractivity (Wildman–Crippen MR) is 75.2 cm³/mol. The number of rotatable bonds is 4. The zero-order valence-electron chi connectivity index (χ0n) is 10.7. The van der Waals surface area contributed by atoms with E-state index in [0.717, 1.165) is 12.1 Å². The van der Waals surface area contributed by atoms with Crippen LogP contribution in [0.5, 0.6) is 11.6 Å². The van der Waals surface area contributed by atoms with Crippen LogP contribution in [-0.4, -0.2) is 16.2 Å². The molecule has 0 bridgehead atoms. The number of aldehydes is 1. The lowest BCUT2D eigenvalue weighted by Crippen LogP contribution is -1.98. The number of carbonyl (C=O) groups is 1. The standard InChI is InChI=1S/C13H8BrFN2O4/c1-7-2-8(6-18)5-16-13(7)21-12-4-10(15)9(14)3-11(12)17(19)20/h2-6H,1H3. The summed E-state index contributed by atoms with van der Waals surface area (Å²) in [6.07, 6.45) is 1.88. The van der Waals surface area contributed by atoms with E-state index in [2.05, 4.69) is 20.9 Å². The zero-order chi connectivity index (χ0) is 15.6. The average Bonchev–Trinajstić information content (AvgIpc) is 2.44. The summed E-state index contributed by atoms with van der Waals surface area (Å²) < 4.78 is 18.8. The highest BCUT2D eigenvalue weighted by molar-refractivity contribution is 9.10. The maximum absolute atomic E-state index is 13.5. The Morgan fingerprint density at radius 2 is 2.14 bits per heavy atom. The second-order valence-corrected chi connectivity index (χ2v) is 4.96. The van der Waals surface area contributed by atoms with Crippen LogP contribution in [0.25, 0.3) is 0 Å². The van der Waals surface area contributed by atoms with E-state index in [1.807, 2.05) is 0 Å². The number of hydrogen-bond donors (Lipinski definition) is 0. The minimum Gasteiger partial charge on any atom is -0.431 e. The third-order valence-electron chi connectivity index (χ3n) is 2.59. The van der Waals surface area contributed by atoms with E-state index in [1.54, 1.807) is 6.92 Å². The van der Waals surface area contributed by atoms with Gasteiger partial charge in [0.15, 0.2) is 6.29 Å². The van der Waals surface area contributed by atoms with E-state index in [1.165, 1.54) is 12.3 Å². The van der Waals surface area contributed by atoms with Gasteiger partial charge in [0.25, 0.3) is 0 Å². The summed E-state index contributed by atoms with van der Waals surface area (Å²) in [5.74, 6) is -0.904. The Labute approximate surface area is 126 Å². The Kier molecular flexibility index (Phi) is 4.27. The molecule has 8 heteroatoms. The molecule has 0 N–H and O–H groups in total. The lowest BCUT2D eigenvalue weighted by molar-refractivity contribution is -0.385. The molecule has 0 aliphatic carbocycles. The SMILES string of the molecule is Cc1cc(C=O)cnc1Oc1cc(F)c(Br)cc1[N+](=O)[O-]. The highest BCUT2D eigenvalue weighted by Gasteiger charge is 2.20. The summed E-state index contributed by atoms with van der Waals surface area (Å²) in [6, 6.07) is 3.42. The third-order valence-corrected chi connectivity index (χ3v) is 3.20. The first-order valence-electron chi connectivity index (χ1n) is 5.65. The Bertz CT molecular complexity index is 736. The summed E-state index contributed by atoms with van der Waals surface area (Å²) in [5.41, 5.74) is 0.442. The molecule has 2 rings (SSSR count). The quantitative estimate of drug-likeness (QED) is 0.473. The van der Waals surface area contributed by atoms with Crippen molar-refractivity contribution in [3.05, 3.63) is 55.9 Å². The summed E-state index contributed by atoms with van der Waals surface area (Å²) >= 11 is 2.88. The van der Waals surface area contributed by atoms with E-state index in [-0.39, 0.29) is 16.1 Å². The van der Waals surface area contributed by atoms with Crippen molar-refractivity contribution < 1.29 is 18.8 Å². The Morgan fingerprint density at radius 3 is 2.71 bits per heavy atom. The fourth-order valence-electron chi connectivity index (χ4n) is 1.60. The molecule has 0 saturated carbocycles. The molecule has 0 fully saturated rings. The van der Waals surface area contributed by atoms with Gasteiger partial charge in [-0.05, 0) is 28.9 Å². The highest BCUT2D eigenvalue weighted by atomic mass is 79.9. The normalized spacial score (nSPS) is 10.2. The first-order valence-corrected chi connectivity index (χ1v) is 6.44. The van der Waals surface area contributed by atoms with Gasteiger partial charge in [0.1, 0.15) is 5.82 Å². The van der Waals surface area contributed by atoms with E-state index < -0.39 is 16.4 Å². The van der Waals surface area contributed by atoms with Gasteiger partial charge in [0, 0.05) is 29.5 Å². The minimum atomic E-state index is -0.697. The van der Waals surface area contributed by atoms with Crippen molar-refractivity contribution in [2.75, 3.05) is 0 Å². The summed E-state index contributed by atoms with van der Waals surface area (Å²) in [5, 5.41) is 11.0. The highest BCUT2D eigenvalue weighted by Crippen LogP contribution is 2.35. The lowest BCUT2D eigenvalue weighted by atomic mass is 10.2. The number of nitrogens with zero attached hydrogens (tertiary/aromatic N) is 2. The fourth-order valence-corrected chi connectivity index (χ4v) is 1.93. The number of nitro groups is 1.